The van der Waals surface area contributed by atoms with Crippen molar-refractivity contribution in [2.75, 3.05) is 4.90 Å². The van der Waals surface area contributed by atoms with E-state index in [-0.39, 0.29) is 5.82 Å². The molecule has 3 rings (SSSR count). The Morgan fingerprint density at radius 1 is 1.20 bits per heavy atom. The second-order valence-electron chi connectivity index (χ2n) is 4.13. The summed E-state index contributed by atoms with van der Waals surface area (Å²) in [6.07, 6.45) is 4.34. The minimum atomic E-state index is -0.345. The molecule has 0 unspecified atom stereocenters. The second-order valence-corrected chi connectivity index (χ2v) is 4.89. The number of furan rings is 1. The Morgan fingerprint density at radius 3 is 2.80 bits per heavy atom. The van der Waals surface area contributed by atoms with E-state index in [2.05, 4.69) is 14.3 Å². The third-order valence-electron chi connectivity index (χ3n) is 2.69. The molecule has 3 heterocycles. The van der Waals surface area contributed by atoms with Gasteiger partial charge in [0.25, 0.3) is 0 Å². The fourth-order valence-electron chi connectivity index (χ4n) is 1.78. The number of anilines is 1. The van der Waals surface area contributed by atoms with Gasteiger partial charge in [-0.2, -0.15) is 4.37 Å². The molecule has 102 valence electrons. The van der Waals surface area contributed by atoms with Gasteiger partial charge in [-0.05, 0) is 24.3 Å². The van der Waals surface area contributed by atoms with Crippen LogP contribution < -0.4 is 4.90 Å². The van der Waals surface area contributed by atoms with Crippen molar-refractivity contribution in [3.05, 3.63) is 60.3 Å². The van der Waals surface area contributed by atoms with Gasteiger partial charge in [0, 0.05) is 11.5 Å². The predicted octanol–water partition coefficient (Wildman–Crippen LogP) is 2.87. The quantitative estimate of drug-likeness (QED) is 0.723. The van der Waals surface area contributed by atoms with E-state index in [4.69, 9.17) is 4.42 Å². The molecule has 0 radical (unpaired) electrons. The molecular weight excluding hydrogens is 279 g/mol. The fraction of sp³-hybridized carbons (Fsp3) is 0.154. The van der Waals surface area contributed by atoms with Crippen molar-refractivity contribution in [1.29, 1.82) is 0 Å². The summed E-state index contributed by atoms with van der Waals surface area (Å²) in [7, 11) is 0. The molecule has 5 nitrogen and oxygen atoms in total. The first-order chi connectivity index (χ1) is 9.81. The maximum Gasteiger partial charge on any atom is 0.205 e. The molecule has 0 saturated carbocycles. The molecular formula is C13H11FN4OS. The Hall–Kier alpha value is -2.28. The zero-order valence-corrected chi connectivity index (χ0v) is 11.3. The van der Waals surface area contributed by atoms with Crippen molar-refractivity contribution in [3.8, 4) is 0 Å². The lowest BCUT2D eigenvalue weighted by atomic mass is 10.3. The summed E-state index contributed by atoms with van der Waals surface area (Å²) >= 11 is 1.30. The van der Waals surface area contributed by atoms with Crippen LogP contribution in [-0.4, -0.2) is 14.3 Å². The largest absolute Gasteiger partial charge is 0.467 e. The van der Waals surface area contributed by atoms with Crippen molar-refractivity contribution in [2.24, 2.45) is 0 Å². The number of pyridine rings is 1. The first-order valence-corrected chi connectivity index (χ1v) is 6.73. The van der Waals surface area contributed by atoms with Crippen LogP contribution in [0.5, 0.6) is 0 Å². The average molecular weight is 290 g/mol. The summed E-state index contributed by atoms with van der Waals surface area (Å²) in [5.74, 6) is 0.476. The molecule has 7 heteroatoms. The van der Waals surface area contributed by atoms with E-state index >= 15 is 0 Å². The van der Waals surface area contributed by atoms with Gasteiger partial charge in [0.05, 0.1) is 31.2 Å². The lowest BCUT2D eigenvalue weighted by Crippen LogP contribution is -2.22. The SMILES string of the molecule is Fc1ccc(CN(Cc2ccco2)c2ncns2)nc1. The Balaban J connectivity index is 1.80. The summed E-state index contributed by atoms with van der Waals surface area (Å²) < 4.78 is 22.3. The molecule has 0 aromatic carbocycles. The zero-order valence-electron chi connectivity index (χ0n) is 10.4. The van der Waals surface area contributed by atoms with Gasteiger partial charge in [-0.1, -0.05) is 0 Å². The monoisotopic (exact) mass is 290 g/mol. The summed E-state index contributed by atoms with van der Waals surface area (Å²) in [4.78, 5) is 10.2. The minimum Gasteiger partial charge on any atom is -0.467 e. The van der Waals surface area contributed by atoms with Crippen LogP contribution in [0.25, 0.3) is 0 Å². The van der Waals surface area contributed by atoms with E-state index < -0.39 is 0 Å². The molecule has 0 N–H and O–H groups in total. The van der Waals surface area contributed by atoms with Crippen molar-refractivity contribution < 1.29 is 8.81 Å². The second kappa shape index (κ2) is 5.79. The summed E-state index contributed by atoms with van der Waals surface area (Å²) in [6, 6.07) is 6.79. The van der Waals surface area contributed by atoms with Crippen molar-refractivity contribution in [1.82, 2.24) is 14.3 Å². The Kier molecular flexibility index (Phi) is 3.69. The number of halogens is 1. The lowest BCUT2D eigenvalue weighted by Gasteiger charge is -2.19. The number of nitrogens with zero attached hydrogens (tertiary/aromatic N) is 4. The van der Waals surface area contributed by atoms with Crippen molar-refractivity contribution >= 4 is 16.7 Å². The smallest absolute Gasteiger partial charge is 0.205 e. The zero-order chi connectivity index (χ0) is 13.8. The molecule has 0 atom stereocenters. The van der Waals surface area contributed by atoms with Crippen LogP contribution in [0, 0.1) is 5.82 Å². The van der Waals surface area contributed by atoms with E-state index in [9.17, 15) is 4.39 Å². The highest BCUT2D eigenvalue weighted by atomic mass is 32.1. The third kappa shape index (κ3) is 3.00. The van der Waals surface area contributed by atoms with E-state index in [0.29, 0.717) is 13.1 Å². The summed E-state index contributed by atoms with van der Waals surface area (Å²) in [6.45, 7) is 1.07. The van der Waals surface area contributed by atoms with E-state index in [1.165, 1.54) is 30.1 Å². The van der Waals surface area contributed by atoms with Crippen LogP contribution in [0.15, 0.2) is 47.5 Å². The molecule has 0 aliphatic heterocycles. The minimum absolute atomic E-state index is 0.345. The molecule has 3 aromatic rings. The van der Waals surface area contributed by atoms with Crippen LogP contribution in [-0.2, 0) is 13.1 Å². The van der Waals surface area contributed by atoms with Gasteiger partial charge < -0.3 is 9.32 Å². The van der Waals surface area contributed by atoms with Gasteiger partial charge in [-0.15, -0.1) is 0 Å². The predicted molar refractivity (Wildman–Crippen MR) is 72.7 cm³/mol. The van der Waals surface area contributed by atoms with Gasteiger partial charge in [-0.25, -0.2) is 9.37 Å². The van der Waals surface area contributed by atoms with E-state index in [1.54, 1.807) is 12.3 Å². The number of hydrogen-bond donors (Lipinski definition) is 0. The number of aromatic nitrogens is 3. The maximum atomic E-state index is 12.9. The van der Waals surface area contributed by atoms with Crippen molar-refractivity contribution in [3.63, 3.8) is 0 Å². The van der Waals surface area contributed by atoms with Gasteiger partial charge >= 0.3 is 0 Å². The highest BCUT2D eigenvalue weighted by molar-refractivity contribution is 7.09. The Morgan fingerprint density at radius 2 is 2.15 bits per heavy atom. The highest BCUT2D eigenvalue weighted by Gasteiger charge is 2.13. The molecule has 0 saturated heterocycles. The summed E-state index contributed by atoms with van der Waals surface area (Å²) in [5, 5.41) is 0.771. The highest BCUT2D eigenvalue weighted by Crippen LogP contribution is 2.20. The lowest BCUT2D eigenvalue weighted by molar-refractivity contribution is 0.500. The van der Waals surface area contributed by atoms with Gasteiger partial charge in [-0.3, -0.25) is 4.98 Å². The molecule has 0 spiro atoms. The molecule has 20 heavy (non-hydrogen) atoms. The molecule has 0 fully saturated rings. The molecule has 3 aromatic heterocycles. The Labute approximate surface area is 118 Å². The molecule has 0 bridgehead atoms. The molecule has 0 aliphatic carbocycles. The number of rotatable bonds is 5. The van der Waals surface area contributed by atoms with Gasteiger partial charge in [0.1, 0.15) is 17.9 Å². The van der Waals surface area contributed by atoms with Crippen LogP contribution in [0.1, 0.15) is 11.5 Å². The average Bonchev–Trinajstić information content (AvgIpc) is 3.12. The molecule has 0 aliphatic rings. The first-order valence-electron chi connectivity index (χ1n) is 5.96. The normalized spacial score (nSPS) is 10.7. The van der Waals surface area contributed by atoms with E-state index in [0.717, 1.165) is 16.6 Å². The van der Waals surface area contributed by atoms with Gasteiger partial charge in [0.2, 0.25) is 5.13 Å². The van der Waals surface area contributed by atoms with Crippen molar-refractivity contribution in [2.45, 2.75) is 13.1 Å². The first kappa shape index (κ1) is 12.7. The number of hydrogen-bond acceptors (Lipinski definition) is 6. The van der Waals surface area contributed by atoms with Crippen LogP contribution in [0.2, 0.25) is 0 Å². The van der Waals surface area contributed by atoms with Crippen LogP contribution in [0.4, 0.5) is 9.52 Å². The molecule has 0 amide bonds. The topological polar surface area (TPSA) is 55.1 Å². The van der Waals surface area contributed by atoms with Crippen LogP contribution in [0.3, 0.4) is 0 Å². The summed E-state index contributed by atoms with van der Waals surface area (Å²) in [5.41, 5.74) is 0.758. The third-order valence-corrected chi connectivity index (χ3v) is 3.42. The van der Waals surface area contributed by atoms with E-state index in [1.807, 2.05) is 17.0 Å². The maximum absolute atomic E-state index is 12.9. The fourth-order valence-corrected chi connectivity index (χ4v) is 2.31. The van der Waals surface area contributed by atoms with Crippen LogP contribution >= 0.6 is 11.5 Å². The van der Waals surface area contributed by atoms with Gasteiger partial charge in [0.15, 0.2) is 0 Å². The standard InChI is InChI=1S/C13H11FN4OS/c14-10-3-4-11(15-6-10)7-18(13-16-9-17-20-13)8-12-2-1-5-19-12/h1-6,9H,7-8H2. The Bertz CT molecular complexity index is 640.